The highest BCUT2D eigenvalue weighted by atomic mass is 19.1. The van der Waals surface area contributed by atoms with E-state index in [1.807, 2.05) is 6.07 Å². The summed E-state index contributed by atoms with van der Waals surface area (Å²) >= 11 is 0. The van der Waals surface area contributed by atoms with Gasteiger partial charge >= 0.3 is 6.09 Å². The molecule has 1 aliphatic heterocycles. The van der Waals surface area contributed by atoms with E-state index in [1.54, 1.807) is 74.5 Å². The minimum Gasteiger partial charge on any atom is -0.444 e. The quantitative estimate of drug-likeness (QED) is 0.252. The monoisotopic (exact) mass is 664 g/mol. The van der Waals surface area contributed by atoms with Gasteiger partial charge in [0, 0.05) is 42.5 Å². The Hall–Kier alpha value is -5.83. The Bertz CT molecular complexity index is 2190. The average Bonchev–Trinajstić information content (AvgIpc) is 3.75. The van der Waals surface area contributed by atoms with E-state index in [0.717, 1.165) is 5.39 Å². The molecule has 1 atom stereocenters. The second-order valence-electron chi connectivity index (χ2n) is 12.8. The van der Waals surface area contributed by atoms with E-state index in [1.165, 1.54) is 21.7 Å². The maximum atomic E-state index is 16.1. The van der Waals surface area contributed by atoms with E-state index in [-0.39, 0.29) is 18.7 Å². The van der Waals surface area contributed by atoms with Crippen LogP contribution in [0.15, 0.2) is 67.0 Å². The highest BCUT2D eigenvalue weighted by Crippen LogP contribution is 2.34. The van der Waals surface area contributed by atoms with Crippen LogP contribution in [0.25, 0.3) is 38.9 Å². The zero-order valence-electron chi connectivity index (χ0n) is 27.0. The van der Waals surface area contributed by atoms with Gasteiger partial charge in [0.1, 0.15) is 28.4 Å². The molecule has 0 spiro atoms. The molecule has 0 aliphatic carbocycles. The number of amides is 2. The van der Waals surface area contributed by atoms with E-state index >= 15 is 4.39 Å². The first-order valence-corrected chi connectivity index (χ1v) is 15.8. The van der Waals surface area contributed by atoms with Crippen molar-refractivity contribution in [2.75, 3.05) is 18.0 Å². The molecule has 15 heteroatoms. The van der Waals surface area contributed by atoms with Gasteiger partial charge in [-0.1, -0.05) is 16.5 Å². The minimum atomic E-state index is -0.767. The molecule has 6 aromatic rings. The van der Waals surface area contributed by atoms with Crippen LogP contribution in [0.4, 0.5) is 15.0 Å². The number of nitrogens with one attached hydrogen (secondary N) is 1. The smallest absolute Gasteiger partial charge is 0.410 e. The number of hydrogen-bond donors (Lipinski definition) is 2. The van der Waals surface area contributed by atoms with Crippen molar-refractivity contribution in [1.82, 2.24) is 45.3 Å². The molecule has 1 aliphatic rings. The Balaban J connectivity index is 1.30. The molecule has 7 rings (SSSR count). The number of rotatable bonds is 6. The minimum absolute atomic E-state index is 0.159. The zero-order chi connectivity index (χ0) is 34.3. The number of anilines is 1. The van der Waals surface area contributed by atoms with Gasteiger partial charge < -0.3 is 14.7 Å². The van der Waals surface area contributed by atoms with Gasteiger partial charge in [-0.05, 0) is 81.5 Å². The molecule has 4 aromatic heterocycles. The lowest BCUT2D eigenvalue weighted by atomic mass is 10.00. The highest BCUT2D eigenvalue weighted by Gasteiger charge is 2.36. The van der Waals surface area contributed by atoms with Gasteiger partial charge in [0.05, 0.1) is 29.6 Å². The van der Waals surface area contributed by atoms with Crippen molar-refractivity contribution >= 4 is 39.8 Å². The molecule has 1 saturated heterocycles. The van der Waals surface area contributed by atoms with Crippen molar-refractivity contribution in [2.45, 2.75) is 51.9 Å². The first kappa shape index (κ1) is 31.8. The van der Waals surface area contributed by atoms with Gasteiger partial charge in [-0.2, -0.15) is 4.68 Å². The summed E-state index contributed by atoms with van der Waals surface area (Å²) in [5.74, 6) is -1.08. The predicted octanol–water partition coefficient (Wildman–Crippen LogP) is 4.83. The summed E-state index contributed by atoms with van der Waals surface area (Å²) in [6, 6.07) is 14.4. The number of pyridine rings is 2. The number of carbonyl (C=O) groups is 2. The van der Waals surface area contributed by atoms with Crippen LogP contribution in [0.5, 0.6) is 0 Å². The lowest BCUT2D eigenvalue weighted by molar-refractivity contribution is 0.0196. The second kappa shape index (κ2) is 12.6. The molecule has 0 unspecified atom stereocenters. The lowest BCUT2D eigenvalue weighted by Gasteiger charge is -2.39. The molecule has 0 saturated carbocycles. The van der Waals surface area contributed by atoms with Gasteiger partial charge in [0.25, 0.3) is 5.91 Å². The third-order valence-corrected chi connectivity index (χ3v) is 8.29. The number of fused-ring (bicyclic) bond motifs is 2. The Morgan fingerprint density at radius 1 is 1.08 bits per heavy atom. The van der Waals surface area contributed by atoms with E-state index in [4.69, 9.17) is 4.74 Å². The van der Waals surface area contributed by atoms with E-state index in [9.17, 15) is 14.7 Å². The number of aliphatic hydroxyl groups excluding tert-OH is 1. The van der Waals surface area contributed by atoms with Gasteiger partial charge in [-0.25, -0.2) is 19.2 Å². The molecule has 2 amide bonds. The predicted molar refractivity (Wildman–Crippen MR) is 177 cm³/mol. The highest BCUT2D eigenvalue weighted by molar-refractivity contribution is 6.10. The van der Waals surface area contributed by atoms with E-state index in [0.29, 0.717) is 64.4 Å². The topological polar surface area (TPSA) is 168 Å². The second-order valence-corrected chi connectivity index (χ2v) is 12.8. The summed E-state index contributed by atoms with van der Waals surface area (Å²) in [5, 5.41) is 29.9. The van der Waals surface area contributed by atoms with Gasteiger partial charge in [-0.15, -0.1) is 10.2 Å². The van der Waals surface area contributed by atoms with Crippen molar-refractivity contribution in [3.63, 3.8) is 0 Å². The molecule has 250 valence electrons. The van der Waals surface area contributed by atoms with Crippen LogP contribution >= 0.6 is 0 Å². The lowest BCUT2D eigenvalue weighted by Crippen LogP contribution is -2.53. The van der Waals surface area contributed by atoms with Crippen LogP contribution < -0.4 is 4.90 Å². The van der Waals surface area contributed by atoms with Crippen molar-refractivity contribution in [2.24, 2.45) is 0 Å². The molecule has 14 nitrogen and oxygen atoms in total. The van der Waals surface area contributed by atoms with Crippen LogP contribution in [0.2, 0.25) is 0 Å². The number of nitrogens with zero attached hydrogens (tertiary/aromatic N) is 9. The Labute approximate surface area is 279 Å². The summed E-state index contributed by atoms with van der Waals surface area (Å²) in [4.78, 5) is 39.7. The van der Waals surface area contributed by atoms with Crippen molar-refractivity contribution < 1.29 is 23.8 Å². The molecule has 5 heterocycles. The summed E-state index contributed by atoms with van der Waals surface area (Å²) in [6.07, 6.45) is 3.81. The summed E-state index contributed by atoms with van der Waals surface area (Å²) in [7, 11) is 0. The SMILES string of the molecule is CC(C)(C)OC(=O)N1CCC[C@@H](N(C(=O)c2ccc(-n3nnc4cccnc43)cc2F)c2nccc3cc(-c4nn[nH]c4CO)ccc23)C1. The molecule has 1 fully saturated rings. The maximum absolute atomic E-state index is 16.1. The van der Waals surface area contributed by atoms with Crippen LogP contribution in [-0.2, 0) is 11.3 Å². The van der Waals surface area contributed by atoms with Crippen LogP contribution in [0.1, 0.15) is 49.7 Å². The number of aromatic nitrogens is 8. The summed E-state index contributed by atoms with van der Waals surface area (Å²) in [6.45, 7) is 5.73. The first-order chi connectivity index (χ1) is 23.6. The fourth-order valence-electron chi connectivity index (χ4n) is 6.06. The number of ether oxygens (including phenoxy) is 1. The Morgan fingerprint density at radius 2 is 1.94 bits per heavy atom. The standard InChI is InChI=1S/C34H33FN10O4/c1-34(2,3)49-33(48)43-15-5-6-23(18-43)44(30-24-10-8-21(16-20(24)12-14-37-30)29-28(19-46)38-41-40-29)32(47)25-11-9-22(17-26(25)35)45-31-27(39-42-45)7-4-13-36-31/h4,7-14,16-17,23,46H,5-6,15,18-19H2,1-3H3,(H,38,40,41)/t23-/m1/s1. The summed E-state index contributed by atoms with van der Waals surface area (Å²) < 4.78 is 23.1. The van der Waals surface area contributed by atoms with Crippen LogP contribution in [0.3, 0.4) is 0 Å². The fraction of sp³-hybridized carbons (Fsp3) is 0.294. The number of hydrogen-bond acceptors (Lipinski definition) is 10. The van der Waals surface area contributed by atoms with E-state index in [2.05, 4.69) is 35.7 Å². The number of aromatic amines is 1. The van der Waals surface area contributed by atoms with Crippen molar-refractivity contribution in [1.29, 1.82) is 0 Å². The Kier molecular flexibility index (Phi) is 8.20. The number of piperidine rings is 1. The zero-order valence-corrected chi connectivity index (χ0v) is 27.0. The molecular formula is C34H33FN10O4. The van der Waals surface area contributed by atoms with Crippen molar-refractivity contribution in [3.05, 3.63) is 84.1 Å². The molecule has 49 heavy (non-hydrogen) atoms. The number of benzene rings is 2. The third-order valence-electron chi connectivity index (χ3n) is 8.29. The summed E-state index contributed by atoms with van der Waals surface area (Å²) in [5.41, 5.74) is 2.11. The number of H-pyrrole nitrogens is 1. The molecule has 2 N–H and O–H groups in total. The number of carbonyl (C=O) groups excluding carboxylic acids is 2. The molecule has 0 radical (unpaired) electrons. The fourth-order valence-corrected chi connectivity index (χ4v) is 6.06. The first-order valence-electron chi connectivity index (χ1n) is 15.8. The maximum Gasteiger partial charge on any atom is 0.410 e. The van der Waals surface area contributed by atoms with E-state index < -0.39 is 29.5 Å². The molecule has 0 bridgehead atoms. The van der Waals surface area contributed by atoms with Gasteiger partial charge in [0.15, 0.2) is 5.65 Å². The van der Waals surface area contributed by atoms with Crippen LogP contribution in [-0.4, -0.2) is 87.1 Å². The number of halogens is 1. The van der Waals surface area contributed by atoms with Gasteiger partial charge in [0.2, 0.25) is 0 Å². The molecule has 2 aromatic carbocycles. The largest absolute Gasteiger partial charge is 0.444 e. The third kappa shape index (κ3) is 6.15. The van der Waals surface area contributed by atoms with Crippen LogP contribution in [0, 0.1) is 5.82 Å². The van der Waals surface area contributed by atoms with Crippen molar-refractivity contribution in [3.8, 4) is 16.9 Å². The normalized spacial score (nSPS) is 15.1. The average molecular weight is 665 g/mol. The van der Waals surface area contributed by atoms with Gasteiger partial charge in [-0.3, -0.25) is 14.8 Å². The number of aliphatic hydroxyl groups is 1. The Morgan fingerprint density at radius 3 is 2.73 bits per heavy atom. The molecular weight excluding hydrogens is 631 g/mol. The number of likely N-dealkylation sites (tertiary alicyclic amines) is 1.